The first-order valence-electron chi connectivity index (χ1n) is 11.5. The van der Waals surface area contributed by atoms with E-state index in [9.17, 15) is 0 Å². The van der Waals surface area contributed by atoms with Crippen molar-refractivity contribution in [2.24, 2.45) is 0 Å². The third-order valence-electron chi connectivity index (χ3n) is 6.63. The van der Waals surface area contributed by atoms with Gasteiger partial charge in [0, 0.05) is 27.5 Å². The molecule has 0 spiro atoms. The van der Waals surface area contributed by atoms with Gasteiger partial charge in [0.05, 0.1) is 5.69 Å². The smallest absolute Gasteiger partial charge is 0.136 e. The second-order valence-corrected chi connectivity index (χ2v) is 8.58. The highest BCUT2D eigenvalue weighted by Gasteiger charge is 2.18. The molecule has 34 heavy (non-hydrogen) atoms. The molecule has 0 aliphatic carbocycles. The largest absolute Gasteiger partial charge is 0.456 e. The van der Waals surface area contributed by atoms with E-state index in [2.05, 4.69) is 132 Å². The number of nitrogens with zero attached hydrogens (tertiary/aromatic N) is 1. The van der Waals surface area contributed by atoms with Crippen molar-refractivity contribution in [1.82, 2.24) is 0 Å². The summed E-state index contributed by atoms with van der Waals surface area (Å²) in [5.74, 6) is 0. The molecule has 160 valence electrons. The molecule has 0 aliphatic heterocycles. The first-order valence-corrected chi connectivity index (χ1v) is 11.5. The van der Waals surface area contributed by atoms with Gasteiger partial charge in [-0.15, -0.1) is 0 Å². The average molecular weight is 436 g/mol. The Balaban J connectivity index is 1.64. The highest BCUT2D eigenvalue weighted by molar-refractivity contribution is 6.25. The Bertz CT molecular complexity index is 1760. The van der Waals surface area contributed by atoms with Gasteiger partial charge in [-0.1, -0.05) is 84.9 Å². The summed E-state index contributed by atoms with van der Waals surface area (Å²) < 4.78 is 6.57. The third-order valence-corrected chi connectivity index (χ3v) is 6.63. The monoisotopic (exact) mass is 435 g/mol. The highest BCUT2D eigenvalue weighted by atomic mass is 16.3. The topological polar surface area (TPSA) is 16.4 Å². The molecule has 2 nitrogen and oxygen atoms in total. The Hall–Kier alpha value is -4.56. The average Bonchev–Trinajstić information content (AvgIpc) is 3.04. The predicted octanol–water partition coefficient (Wildman–Crippen LogP) is 9.36. The van der Waals surface area contributed by atoms with Crippen LogP contribution >= 0.6 is 0 Å². The molecule has 7 aromatic rings. The molecule has 0 radical (unpaired) electrons. The van der Waals surface area contributed by atoms with E-state index in [1.165, 1.54) is 21.5 Å². The second kappa shape index (κ2) is 7.50. The molecule has 0 amide bonds. The Kier molecular flexibility index (Phi) is 4.18. The van der Waals surface area contributed by atoms with Crippen LogP contribution in [0, 0.1) is 0 Å². The van der Waals surface area contributed by atoms with E-state index < -0.39 is 0 Å². The van der Waals surface area contributed by atoms with Gasteiger partial charge in [0.15, 0.2) is 0 Å². The molecule has 0 fully saturated rings. The van der Waals surface area contributed by atoms with Crippen LogP contribution in [0.3, 0.4) is 0 Å². The van der Waals surface area contributed by atoms with E-state index in [1.54, 1.807) is 0 Å². The van der Waals surface area contributed by atoms with E-state index in [-0.39, 0.29) is 0 Å². The lowest BCUT2D eigenvalue weighted by molar-refractivity contribution is 0.664. The zero-order valence-corrected chi connectivity index (χ0v) is 18.5. The maximum absolute atomic E-state index is 6.57. The van der Waals surface area contributed by atoms with Crippen molar-refractivity contribution in [3.63, 3.8) is 0 Å². The van der Waals surface area contributed by atoms with E-state index in [0.717, 1.165) is 39.0 Å². The molecule has 2 heteroatoms. The fraction of sp³-hybridized carbons (Fsp3) is 0. The lowest BCUT2D eigenvalue weighted by atomic mass is 9.98. The molecule has 0 aliphatic rings. The summed E-state index contributed by atoms with van der Waals surface area (Å²) in [6, 6.07) is 44.7. The number of fused-ring (bicyclic) bond motifs is 1. The minimum absolute atomic E-state index is 0.888. The van der Waals surface area contributed by atoms with Crippen LogP contribution < -0.4 is 4.90 Å². The standard InChI is InChI=1S/C32H21NO/c1-3-12-23(13-4-1)33(24-14-5-2-6-15-24)28-20-21-30-32-26(17-9-18-27(28)32)25-16-7-10-22-11-8-19-29(34-30)31(22)25/h1-21H. The zero-order chi connectivity index (χ0) is 22.5. The minimum atomic E-state index is 0.888. The van der Waals surface area contributed by atoms with Crippen molar-refractivity contribution < 1.29 is 4.42 Å². The van der Waals surface area contributed by atoms with Crippen LogP contribution in [0.15, 0.2) is 132 Å². The lowest BCUT2D eigenvalue weighted by Crippen LogP contribution is -2.10. The van der Waals surface area contributed by atoms with Gasteiger partial charge < -0.3 is 9.32 Å². The van der Waals surface area contributed by atoms with Gasteiger partial charge >= 0.3 is 0 Å². The van der Waals surface area contributed by atoms with Gasteiger partial charge in [0.1, 0.15) is 11.2 Å². The number of rotatable bonds is 3. The van der Waals surface area contributed by atoms with Crippen molar-refractivity contribution in [3.8, 4) is 0 Å². The van der Waals surface area contributed by atoms with Gasteiger partial charge in [0.2, 0.25) is 0 Å². The Morgan fingerprint density at radius 1 is 0.412 bits per heavy atom. The molecule has 0 saturated heterocycles. The van der Waals surface area contributed by atoms with E-state index in [1.807, 2.05) is 0 Å². The fourth-order valence-electron chi connectivity index (χ4n) is 5.18. The van der Waals surface area contributed by atoms with Gasteiger partial charge in [0.25, 0.3) is 0 Å². The van der Waals surface area contributed by atoms with Crippen molar-refractivity contribution in [2.45, 2.75) is 0 Å². The summed E-state index contributed by atoms with van der Waals surface area (Å²) in [6.45, 7) is 0. The van der Waals surface area contributed by atoms with E-state index in [0.29, 0.717) is 0 Å². The normalized spacial score (nSPS) is 11.5. The Morgan fingerprint density at radius 2 is 0.971 bits per heavy atom. The first kappa shape index (κ1) is 19.0. The number of hydrogen-bond donors (Lipinski definition) is 0. The van der Waals surface area contributed by atoms with Crippen LogP contribution in [0.5, 0.6) is 0 Å². The van der Waals surface area contributed by atoms with Crippen molar-refractivity contribution >= 4 is 60.5 Å². The maximum atomic E-state index is 6.57. The summed E-state index contributed by atoms with van der Waals surface area (Å²) in [4.78, 5) is 2.32. The van der Waals surface area contributed by atoms with Crippen LogP contribution in [0.4, 0.5) is 17.1 Å². The molecule has 0 unspecified atom stereocenters. The SMILES string of the molecule is c1ccc(N(c2ccccc2)c2ccc3oc4cccc5cccc(c6cccc2c36)c54)cc1. The van der Waals surface area contributed by atoms with Crippen LogP contribution in [-0.2, 0) is 0 Å². The van der Waals surface area contributed by atoms with E-state index >= 15 is 0 Å². The number of para-hydroxylation sites is 2. The molecular formula is C32H21NO. The Labute approximate surface area is 197 Å². The van der Waals surface area contributed by atoms with Crippen molar-refractivity contribution in [3.05, 3.63) is 127 Å². The molecule has 1 heterocycles. The van der Waals surface area contributed by atoms with Crippen LogP contribution in [0.25, 0.3) is 43.5 Å². The van der Waals surface area contributed by atoms with Crippen molar-refractivity contribution in [2.75, 3.05) is 4.90 Å². The third kappa shape index (κ3) is 2.82. The summed E-state index contributed by atoms with van der Waals surface area (Å²) in [6.07, 6.45) is 0. The predicted molar refractivity (Wildman–Crippen MR) is 143 cm³/mol. The molecule has 0 saturated carbocycles. The van der Waals surface area contributed by atoms with Crippen LogP contribution in [0.2, 0.25) is 0 Å². The molecule has 6 aromatic carbocycles. The molecule has 0 atom stereocenters. The number of anilines is 3. The highest BCUT2D eigenvalue weighted by Crippen LogP contribution is 2.43. The summed E-state index contributed by atoms with van der Waals surface area (Å²) in [5.41, 5.74) is 5.16. The molecule has 1 aromatic heterocycles. The molecular weight excluding hydrogens is 414 g/mol. The zero-order valence-electron chi connectivity index (χ0n) is 18.5. The number of hydrogen-bond acceptors (Lipinski definition) is 2. The van der Waals surface area contributed by atoms with Gasteiger partial charge in [-0.2, -0.15) is 0 Å². The van der Waals surface area contributed by atoms with Gasteiger partial charge in [-0.3, -0.25) is 0 Å². The van der Waals surface area contributed by atoms with Gasteiger partial charge in [-0.05, 0) is 58.6 Å². The van der Waals surface area contributed by atoms with E-state index in [4.69, 9.17) is 4.42 Å². The van der Waals surface area contributed by atoms with Crippen LogP contribution in [0.1, 0.15) is 0 Å². The van der Waals surface area contributed by atoms with Crippen molar-refractivity contribution in [1.29, 1.82) is 0 Å². The van der Waals surface area contributed by atoms with Crippen LogP contribution in [-0.4, -0.2) is 0 Å². The summed E-state index contributed by atoms with van der Waals surface area (Å²) in [7, 11) is 0. The first-order chi connectivity index (χ1) is 16.9. The summed E-state index contributed by atoms with van der Waals surface area (Å²) >= 11 is 0. The quantitative estimate of drug-likeness (QED) is 0.275. The van der Waals surface area contributed by atoms with Gasteiger partial charge in [-0.25, -0.2) is 0 Å². The number of benzene rings is 6. The summed E-state index contributed by atoms with van der Waals surface area (Å²) in [5, 5.41) is 7.06. The minimum Gasteiger partial charge on any atom is -0.456 e. The molecule has 0 N–H and O–H groups in total. The maximum Gasteiger partial charge on any atom is 0.136 e. The Morgan fingerprint density at radius 3 is 1.68 bits per heavy atom. The lowest BCUT2D eigenvalue weighted by Gasteiger charge is -2.27. The second-order valence-electron chi connectivity index (χ2n) is 8.58. The fourth-order valence-corrected chi connectivity index (χ4v) is 5.18. The molecule has 7 rings (SSSR count). The molecule has 0 bridgehead atoms.